The van der Waals surface area contributed by atoms with Crippen molar-refractivity contribution in [1.82, 2.24) is 10.3 Å². The molecule has 1 aromatic heterocycles. The van der Waals surface area contributed by atoms with E-state index in [-0.39, 0.29) is 18.6 Å². The Hall–Kier alpha value is -1.13. The zero-order chi connectivity index (χ0) is 12.8. The van der Waals surface area contributed by atoms with Crippen LogP contribution >= 0.6 is 11.6 Å². The Balaban J connectivity index is 2.85. The number of aliphatic hydroxyl groups excluding tert-OH is 1. The maximum atomic E-state index is 11.8. The number of rotatable bonds is 5. The Kier molecular flexibility index (Phi) is 5.38. The van der Waals surface area contributed by atoms with Gasteiger partial charge in [-0.25, -0.2) is 4.98 Å². The Morgan fingerprint density at radius 2 is 2.29 bits per heavy atom. The summed E-state index contributed by atoms with van der Waals surface area (Å²) in [5, 5.41) is 11.9. The van der Waals surface area contributed by atoms with Crippen LogP contribution in [0.1, 0.15) is 36.3 Å². The highest BCUT2D eigenvalue weighted by molar-refractivity contribution is 6.29. The number of carbonyl (C=O) groups is 1. The largest absolute Gasteiger partial charge is 0.394 e. The molecule has 0 fully saturated rings. The number of aryl methyl sites for hydroxylation is 1. The van der Waals surface area contributed by atoms with Crippen molar-refractivity contribution in [3.63, 3.8) is 0 Å². The van der Waals surface area contributed by atoms with Crippen molar-refractivity contribution in [3.8, 4) is 0 Å². The normalized spacial score (nSPS) is 12.2. The van der Waals surface area contributed by atoms with Gasteiger partial charge >= 0.3 is 0 Å². The molecule has 1 amide bonds. The van der Waals surface area contributed by atoms with E-state index >= 15 is 0 Å². The number of halogens is 1. The van der Waals surface area contributed by atoms with E-state index in [0.717, 1.165) is 18.5 Å². The first-order valence-corrected chi connectivity index (χ1v) is 6.02. The molecule has 2 N–H and O–H groups in total. The quantitative estimate of drug-likeness (QED) is 0.790. The van der Waals surface area contributed by atoms with Crippen molar-refractivity contribution < 1.29 is 9.90 Å². The van der Waals surface area contributed by atoms with Crippen LogP contribution in [0, 0.1) is 0 Å². The lowest BCUT2D eigenvalue weighted by Crippen LogP contribution is -2.35. The lowest BCUT2D eigenvalue weighted by Gasteiger charge is -2.11. The number of aliphatic hydroxyl groups is 1. The Labute approximate surface area is 106 Å². The van der Waals surface area contributed by atoms with Gasteiger partial charge in [0, 0.05) is 17.3 Å². The first kappa shape index (κ1) is 13.9. The summed E-state index contributed by atoms with van der Waals surface area (Å²) in [5.41, 5.74) is 1.29. The fourth-order valence-corrected chi connectivity index (χ4v) is 1.65. The van der Waals surface area contributed by atoms with Crippen LogP contribution in [0.2, 0.25) is 5.15 Å². The molecule has 5 heteroatoms. The third kappa shape index (κ3) is 4.32. The second kappa shape index (κ2) is 6.57. The number of pyridine rings is 1. The summed E-state index contributed by atoms with van der Waals surface area (Å²) < 4.78 is 0. The van der Waals surface area contributed by atoms with Crippen LogP contribution in [0.25, 0.3) is 0 Å². The van der Waals surface area contributed by atoms with Gasteiger partial charge in [-0.15, -0.1) is 0 Å². The minimum atomic E-state index is -0.274. The number of nitrogens with zero attached hydrogens (tertiary/aromatic N) is 1. The highest BCUT2D eigenvalue weighted by Crippen LogP contribution is 2.12. The van der Waals surface area contributed by atoms with E-state index in [4.69, 9.17) is 16.7 Å². The molecule has 0 aliphatic rings. The number of carbonyl (C=O) groups excluding carboxylic acids is 1. The summed E-state index contributed by atoms with van der Waals surface area (Å²) in [5.74, 6) is -0.242. The predicted molar refractivity (Wildman–Crippen MR) is 67.3 cm³/mol. The second-order valence-corrected chi connectivity index (χ2v) is 4.36. The molecular weight excluding hydrogens is 240 g/mol. The van der Waals surface area contributed by atoms with E-state index in [2.05, 4.69) is 10.3 Å². The molecule has 17 heavy (non-hydrogen) atoms. The molecule has 0 bridgehead atoms. The van der Waals surface area contributed by atoms with Crippen LogP contribution in [0.5, 0.6) is 0 Å². The number of hydrogen-bond donors (Lipinski definition) is 2. The summed E-state index contributed by atoms with van der Waals surface area (Å²) in [6.45, 7) is 3.68. The standard InChI is InChI=1S/C12H17ClN2O2/c1-3-4-10-5-9(6-11(13)15-10)12(17)14-8(2)7-16/h5-6,8,16H,3-4,7H2,1-2H3,(H,14,17)/t8-/m1/s1. The first-order chi connectivity index (χ1) is 8.06. The summed E-state index contributed by atoms with van der Waals surface area (Å²) in [6, 6.07) is 2.98. The number of aromatic nitrogens is 1. The van der Waals surface area contributed by atoms with Gasteiger partial charge in [-0.05, 0) is 25.5 Å². The second-order valence-electron chi connectivity index (χ2n) is 3.98. The molecule has 0 spiro atoms. The molecule has 0 radical (unpaired) electrons. The van der Waals surface area contributed by atoms with Crippen molar-refractivity contribution in [2.45, 2.75) is 32.7 Å². The topological polar surface area (TPSA) is 62.2 Å². The summed E-state index contributed by atoms with van der Waals surface area (Å²) in [7, 11) is 0. The SMILES string of the molecule is CCCc1cc(C(=O)N[C@H](C)CO)cc(Cl)n1. The molecule has 0 aromatic carbocycles. The molecule has 0 saturated carbocycles. The summed E-state index contributed by atoms with van der Waals surface area (Å²) >= 11 is 5.86. The zero-order valence-electron chi connectivity index (χ0n) is 10.0. The Morgan fingerprint density at radius 1 is 1.59 bits per heavy atom. The Morgan fingerprint density at radius 3 is 2.88 bits per heavy atom. The fraction of sp³-hybridized carbons (Fsp3) is 0.500. The van der Waals surface area contributed by atoms with Crippen LogP contribution in [-0.2, 0) is 6.42 Å². The molecule has 0 unspecified atom stereocenters. The molecular formula is C12H17ClN2O2. The van der Waals surface area contributed by atoms with Gasteiger partial charge in [0.1, 0.15) is 5.15 Å². The molecule has 0 aliphatic carbocycles. The first-order valence-electron chi connectivity index (χ1n) is 5.65. The van der Waals surface area contributed by atoms with Gasteiger partial charge in [0.15, 0.2) is 0 Å². The third-order valence-electron chi connectivity index (χ3n) is 2.27. The van der Waals surface area contributed by atoms with Crippen molar-refractivity contribution in [2.75, 3.05) is 6.61 Å². The lowest BCUT2D eigenvalue weighted by atomic mass is 10.1. The van der Waals surface area contributed by atoms with Gasteiger partial charge in [-0.2, -0.15) is 0 Å². The smallest absolute Gasteiger partial charge is 0.251 e. The van der Waals surface area contributed by atoms with Crippen molar-refractivity contribution in [3.05, 3.63) is 28.5 Å². The average molecular weight is 257 g/mol. The van der Waals surface area contributed by atoms with E-state index in [9.17, 15) is 4.79 Å². The van der Waals surface area contributed by atoms with E-state index in [1.807, 2.05) is 6.92 Å². The molecule has 94 valence electrons. The van der Waals surface area contributed by atoms with Crippen LogP contribution in [0.3, 0.4) is 0 Å². The molecule has 0 saturated heterocycles. The molecule has 4 nitrogen and oxygen atoms in total. The zero-order valence-corrected chi connectivity index (χ0v) is 10.8. The third-order valence-corrected chi connectivity index (χ3v) is 2.46. The number of nitrogens with one attached hydrogen (secondary N) is 1. The van der Waals surface area contributed by atoms with Gasteiger partial charge in [0.25, 0.3) is 5.91 Å². The fourth-order valence-electron chi connectivity index (χ4n) is 1.42. The molecule has 0 aliphatic heterocycles. The van der Waals surface area contributed by atoms with Gasteiger partial charge in [-0.3, -0.25) is 4.79 Å². The van der Waals surface area contributed by atoms with E-state index in [0.29, 0.717) is 10.7 Å². The molecule has 1 heterocycles. The van der Waals surface area contributed by atoms with Crippen molar-refractivity contribution in [2.24, 2.45) is 0 Å². The highest BCUT2D eigenvalue weighted by atomic mass is 35.5. The van der Waals surface area contributed by atoms with Crippen molar-refractivity contribution in [1.29, 1.82) is 0 Å². The van der Waals surface area contributed by atoms with Crippen LogP contribution < -0.4 is 5.32 Å². The summed E-state index contributed by atoms with van der Waals surface area (Å²) in [6.07, 6.45) is 1.73. The van der Waals surface area contributed by atoms with Gasteiger partial charge in [0.05, 0.1) is 6.61 Å². The van der Waals surface area contributed by atoms with Crippen LogP contribution in [0.4, 0.5) is 0 Å². The lowest BCUT2D eigenvalue weighted by molar-refractivity contribution is 0.0922. The van der Waals surface area contributed by atoms with Gasteiger partial charge in [0.2, 0.25) is 0 Å². The van der Waals surface area contributed by atoms with E-state index in [1.54, 1.807) is 13.0 Å². The Bertz CT molecular complexity index is 396. The maximum Gasteiger partial charge on any atom is 0.251 e. The molecule has 1 aromatic rings. The van der Waals surface area contributed by atoms with E-state index < -0.39 is 0 Å². The highest BCUT2D eigenvalue weighted by Gasteiger charge is 2.11. The molecule has 1 rings (SSSR count). The summed E-state index contributed by atoms with van der Waals surface area (Å²) in [4.78, 5) is 16.0. The minimum absolute atomic E-state index is 0.0909. The van der Waals surface area contributed by atoms with Gasteiger partial charge < -0.3 is 10.4 Å². The van der Waals surface area contributed by atoms with Crippen LogP contribution in [0.15, 0.2) is 12.1 Å². The van der Waals surface area contributed by atoms with Crippen LogP contribution in [-0.4, -0.2) is 28.6 Å². The van der Waals surface area contributed by atoms with Gasteiger partial charge in [-0.1, -0.05) is 24.9 Å². The molecule has 1 atom stereocenters. The minimum Gasteiger partial charge on any atom is -0.394 e. The van der Waals surface area contributed by atoms with E-state index in [1.165, 1.54) is 6.07 Å². The van der Waals surface area contributed by atoms with Crippen molar-refractivity contribution >= 4 is 17.5 Å². The number of hydrogen-bond acceptors (Lipinski definition) is 3. The monoisotopic (exact) mass is 256 g/mol. The predicted octanol–water partition coefficient (Wildman–Crippen LogP) is 1.80. The number of amides is 1. The maximum absolute atomic E-state index is 11.8. The average Bonchev–Trinajstić information content (AvgIpc) is 2.28.